The van der Waals surface area contributed by atoms with E-state index < -0.39 is 0 Å². The summed E-state index contributed by atoms with van der Waals surface area (Å²) in [6, 6.07) is 40.2. The highest BCUT2D eigenvalue weighted by molar-refractivity contribution is 6.10. The maximum Gasteiger partial charge on any atom is 0.0512 e. The second-order valence-electron chi connectivity index (χ2n) is 10.1. The average Bonchev–Trinajstić information content (AvgIpc) is 3.45. The number of rotatable bonds is 5. The third kappa shape index (κ3) is 3.35. The Labute approximate surface area is 223 Å². The van der Waals surface area contributed by atoms with Crippen LogP contribution in [-0.2, 0) is 13.1 Å². The van der Waals surface area contributed by atoms with Crippen LogP contribution >= 0.6 is 0 Å². The highest BCUT2D eigenvalue weighted by atomic mass is 15.1. The summed E-state index contributed by atoms with van der Waals surface area (Å²) in [6.45, 7) is 8.47. The topological polar surface area (TPSA) is 13.1 Å². The molecule has 2 heterocycles. The summed E-state index contributed by atoms with van der Waals surface area (Å²) in [5, 5.41) is 5.23. The van der Waals surface area contributed by atoms with Crippen LogP contribution in [0.4, 0.5) is 17.1 Å². The molecule has 0 spiro atoms. The molecule has 38 heavy (non-hydrogen) atoms. The first-order chi connectivity index (χ1) is 18.7. The molecule has 3 nitrogen and oxygen atoms in total. The second kappa shape index (κ2) is 8.81. The van der Waals surface area contributed by atoms with E-state index in [4.69, 9.17) is 0 Å². The molecule has 3 heteroatoms. The van der Waals surface area contributed by atoms with Crippen molar-refractivity contribution in [3.8, 4) is 0 Å². The van der Waals surface area contributed by atoms with E-state index in [0.717, 1.165) is 30.2 Å². The van der Waals surface area contributed by atoms with Gasteiger partial charge in [0.15, 0.2) is 0 Å². The summed E-state index contributed by atoms with van der Waals surface area (Å²) in [5.74, 6) is 0. The largest absolute Gasteiger partial charge is 0.341 e. The Balaban J connectivity index is 1.49. The number of fused-ring (bicyclic) bond motifs is 6. The number of hydrogen-bond donors (Lipinski definition) is 0. The van der Waals surface area contributed by atoms with Crippen molar-refractivity contribution < 1.29 is 0 Å². The van der Waals surface area contributed by atoms with E-state index in [-0.39, 0.29) is 0 Å². The molecule has 186 valence electrons. The highest BCUT2D eigenvalue weighted by Crippen LogP contribution is 2.40. The molecular weight excluding hydrogens is 462 g/mol. The van der Waals surface area contributed by atoms with Gasteiger partial charge in [-0.3, -0.25) is 0 Å². The van der Waals surface area contributed by atoms with Crippen LogP contribution in [0.5, 0.6) is 0 Å². The zero-order valence-electron chi connectivity index (χ0n) is 22.1. The molecule has 0 atom stereocenters. The quantitative estimate of drug-likeness (QED) is 0.233. The van der Waals surface area contributed by atoms with Gasteiger partial charge < -0.3 is 14.0 Å². The minimum absolute atomic E-state index is 0.931. The van der Waals surface area contributed by atoms with E-state index >= 15 is 0 Å². The van der Waals surface area contributed by atoms with Crippen LogP contribution in [0.1, 0.15) is 19.4 Å². The fraction of sp³-hybridized carbons (Fsp3) is 0.143. The van der Waals surface area contributed by atoms with Gasteiger partial charge in [-0.2, -0.15) is 0 Å². The van der Waals surface area contributed by atoms with Crippen LogP contribution in [0, 0.1) is 6.92 Å². The fourth-order valence-electron chi connectivity index (χ4n) is 6.18. The molecule has 0 aliphatic heterocycles. The van der Waals surface area contributed by atoms with E-state index in [1.807, 2.05) is 0 Å². The maximum atomic E-state index is 2.43. The number of aromatic nitrogens is 2. The predicted molar refractivity (Wildman–Crippen MR) is 163 cm³/mol. The molecule has 5 aromatic carbocycles. The van der Waals surface area contributed by atoms with Crippen molar-refractivity contribution in [3.63, 3.8) is 0 Å². The van der Waals surface area contributed by atoms with Crippen LogP contribution < -0.4 is 4.90 Å². The van der Waals surface area contributed by atoms with Crippen molar-refractivity contribution in [1.82, 2.24) is 9.13 Å². The first-order valence-electron chi connectivity index (χ1n) is 13.6. The number of para-hydroxylation sites is 2. The summed E-state index contributed by atoms with van der Waals surface area (Å²) in [4.78, 5) is 2.40. The number of aryl methyl sites for hydroxylation is 3. The van der Waals surface area contributed by atoms with Crippen molar-refractivity contribution in [2.24, 2.45) is 0 Å². The van der Waals surface area contributed by atoms with Crippen molar-refractivity contribution in [1.29, 1.82) is 0 Å². The van der Waals surface area contributed by atoms with Crippen molar-refractivity contribution >= 4 is 60.7 Å². The lowest BCUT2D eigenvalue weighted by Gasteiger charge is -2.26. The number of anilines is 3. The van der Waals surface area contributed by atoms with Gasteiger partial charge >= 0.3 is 0 Å². The first-order valence-corrected chi connectivity index (χ1v) is 13.6. The minimum atomic E-state index is 0.931. The average molecular weight is 494 g/mol. The van der Waals surface area contributed by atoms with Gasteiger partial charge in [0.2, 0.25) is 0 Å². The lowest BCUT2D eigenvalue weighted by Crippen LogP contribution is -2.10. The zero-order chi connectivity index (χ0) is 25.8. The van der Waals surface area contributed by atoms with Crippen LogP contribution in [0.3, 0.4) is 0 Å². The Morgan fingerprint density at radius 2 is 0.895 bits per heavy atom. The predicted octanol–water partition coefficient (Wildman–Crippen LogP) is 9.72. The normalized spacial score (nSPS) is 11.8. The third-order valence-electron chi connectivity index (χ3n) is 7.96. The molecular formula is C35H31N3. The van der Waals surface area contributed by atoms with Gasteiger partial charge in [0, 0.05) is 62.7 Å². The van der Waals surface area contributed by atoms with Crippen molar-refractivity contribution in [3.05, 3.63) is 115 Å². The number of nitrogens with zero attached hydrogens (tertiary/aromatic N) is 3. The van der Waals surface area contributed by atoms with Crippen LogP contribution in [-0.4, -0.2) is 9.13 Å². The second-order valence-corrected chi connectivity index (χ2v) is 10.1. The molecule has 7 rings (SSSR count). The molecule has 7 aromatic rings. The van der Waals surface area contributed by atoms with Gasteiger partial charge in [-0.1, -0.05) is 66.2 Å². The van der Waals surface area contributed by atoms with E-state index in [1.165, 1.54) is 49.2 Å². The summed E-state index contributed by atoms with van der Waals surface area (Å²) in [7, 11) is 0. The van der Waals surface area contributed by atoms with Gasteiger partial charge in [-0.05, 0) is 69.3 Å². The monoisotopic (exact) mass is 493 g/mol. The SMILES string of the molecule is CCn1c2ccccc2c2ccc(N(c3ccc(C)cc3)c3ccc4c5ccccc5n(CC)c4c3)cc21. The Morgan fingerprint density at radius 3 is 1.37 bits per heavy atom. The molecule has 0 aliphatic carbocycles. The van der Waals surface area contributed by atoms with Gasteiger partial charge in [0.1, 0.15) is 0 Å². The van der Waals surface area contributed by atoms with Gasteiger partial charge in [0.25, 0.3) is 0 Å². The molecule has 0 bridgehead atoms. The first kappa shape index (κ1) is 22.7. The summed E-state index contributed by atoms with van der Waals surface area (Å²) in [6.07, 6.45) is 0. The van der Waals surface area contributed by atoms with E-state index in [0.29, 0.717) is 0 Å². The molecule has 0 amide bonds. The number of benzene rings is 5. The molecule has 2 aromatic heterocycles. The fourth-order valence-corrected chi connectivity index (χ4v) is 6.18. The number of hydrogen-bond acceptors (Lipinski definition) is 1. The maximum absolute atomic E-state index is 2.43. The van der Waals surface area contributed by atoms with E-state index in [1.54, 1.807) is 0 Å². The van der Waals surface area contributed by atoms with Crippen LogP contribution in [0.25, 0.3) is 43.6 Å². The van der Waals surface area contributed by atoms with Gasteiger partial charge in [-0.15, -0.1) is 0 Å². The van der Waals surface area contributed by atoms with E-state index in [2.05, 4.69) is 144 Å². The van der Waals surface area contributed by atoms with Gasteiger partial charge in [0.05, 0.1) is 11.0 Å². The standard InChI is InChI=1S/C35H31N3/c1-4-36-32-12-8-6-10-28(32)30-20-18-26(22-34(30)36)38(25-16-14-24(3)15-17-25)27-19-21-31-29-11-7-9-13-33(29)37(5-2)35(31)23-27/h6-23H,4-5H2,1-3H3. The smallest absolute Gasteiger partial charge is 0.0512 e. The van der Waals surface area contributed by atoms with Gasteiger partial charge in [-0.25, -0.2) is 0 Å². The minimum Gasteiger partial charge on any atom is -0.341 e. The van der Waals surface area contributed by atoms with E-state index in [9.17, 15) is 0 Å². The lowest BCUT2D eigenvalue weighted by atomic mass is 10.1. The summed E-state index contributed by atoms with van der Waals surface area (Å²) in [5.41, 5.74) is 9.87. The lowest BCUT2D eigenvalue weighted by molar-refractivity contribution is 0.827. The van der Waals surface area contributed by atoms with Crippen molar-refractivity contribution in [2.75, 3.05) is 4.90 Å². The Morgan fingerprint density at radius 1 is 0.474 bits per heavy atom. The summed E-state index contributed by atoms with van der Waals surface area (Å²) >= 11 is 0. The molecule has 0 unspecified atom stereocenters. The van der Waals surface area contributed by atoms with Crippen LogP contribution in [0.2, 0.25) is 0 Å². The zero-order valence-corrected chi connectivity index (χ0v) is 22.1. The molecule has 0 saturated carbocycles. The third-order valence-corrected chi connectivity index (χ3v) is 7.96. The van der Waals surface area contributed by atoms with Crippen molar-refractivity contribution in [2.45, 2.75) is 33.9 Å². The molecule has 0 radical (unpaired) electrons. The Hall–Kier alpha value is -4.50. The molecule has 0 N–H and O–H groups in total. The molecule has 0 fully saturated rings. The Bertz CT molecular complexity index is 1830. The Kier molecular flexibility index (Phi) is 5.26. The highest BCUT2D eigenvalue weighted by Gasteiger charge is 2.18. The summed E-state index contributed by atoms with van der Waals surface area (Å²) < 4.78 is 4.86. The van der Waals surface area contributed by atoms with Crippen LogP contribution in [0.15, 0.2) is 109 Å². The molecule has 0 aliphatic rings. The molecule has 0 saturated heterocycles.